The Balaban J connectivity index is 2.16. The van der Waals surface area contributed by atoms with Crippen LogP contribution in [-0.2, 0) is 20.9 Å². The minimum Gasteiger partial charge on any atom is -0.467 e. The van der Waals surface area contributed by atoms with Crippen LogP contribution in [0.2, 0.25) is 0 Å². The number of fused-ring (bicyclic) bond motifs is 1. The highest BCUT2D eigenvalue weighted by Gasteiger charge is 2.19. The Hall–Kier alpha value is -2.94. The molecule has 0 radical (unpaired) electrons. The summed E-state index contributed by atoms with van der Waals surface area (Å²) in [5.74, 6) is -0.289. The van der Waals surface area contributed by atoms with Crippen LogP contribution >= 0.6 is 0 Å². The lowest BCUT2D eigenvalue weighted by Gasteiger charge is -2.19. The normalized spacial score (nSPS) is 13.1. The van der Waals surface area contributed by atoms with Gasteiger partial charge in [-0.05, 0) is 6.08 Å². The molecule has 0 spiro atoms. The Kier molecular flexibility index (Phi) is 5.48. The predicted octanol–water partition coefficient (Wildman–Crippen LogP) is 0.679. The van der Waals surface area contributed by atoms with Gasteiger partial charge < -0.3 is 19.7 Å². The highest BCUT2D eigenvalue weighted by atomic mass is 16.7. The van der Waals surface area contributed by atoms with E-state index in [0.29, 0.717) is 16.9 Å². The lowest BCUT2D eigenvalue weighted by Crippen LogP contribution is -2.35. The number of nitro groups is 1. The second-order valence-corrected chi connectivity index (χ2v) is 5.23. The molecule has 2 amide bonds. The minimum atomic E-state index is -0.526. The average molecular weight is 335 g/mol. The van der Waals surface area contributed by atoms with Crippen LogP contribution in [0.15, 0.2) is 18.2 Å². The Morgan fingerprint density at radius 1 is 1.42 bits per heavy atom. The molecular formula is C15H17N3O6. The summed E-state index contributed by atoms with van der Waals surface area (Å²) in [5.41, 5.74) is 0.820. The maximum atomic E-state index is 11.8. The molecule has 1 N–H and O–H groups in total. The summed E-state index contributed by atoms with van der Waals surface area (Å²) in [6.45, 7) is 0.101. The first-order valence-corrected chi connectivity index (χ1v) is 7.06. The van der Waals surface area contributed by atoms with Crippen molar-refractivity contribution in [3.63, 3.8) is 0 Å². The quantitative estimate of drug-likeness (QED) is 0.481. The van der Waals surface area contributed by atoms with E-state index in [2.05, 4.69) is 5.32 Å². The molecule has 0 unspecified atom stereocenters. The lowest BCUT2D eigenvalue weighted by atomic mass is 10.1. The molecule has 24 heavy (non-hydrogen) atoms. The molecule has 9 nitrogen and oxygen atoms in total. The minimum absolute atomic E-state index is 0.0369. The zero-order chi connectivity index (χ0) is 17.7. The van der Waals surface area contributed by atoms with Crippen molar-refractivity contribution >= 4 is 23.6 Å². The number of benzene rings is 1. The van der Waals surface area contributed by atoms with E-state index in [1.807, 2.05) is 0 Å². The van der Waals surface area contributed by atoms with Gasteiger partial charge in [0.1, 0.15) is 5.75 Å². The van der Waals surface area contributed by atoms with Crippen LogP contribution in [0.25, 0.3) is 6.08 Å². The Morgan fingerprint density at radius 2 is 2.17 bits per heavy atom. The number of carbonyl (C=O) groups is 2. The van der Waals surface area contributed by atoms with Gasteiger partial charge in [-0.15, -0.1) is 0 Å². The second-order valence-electron chi connectivity index (χ2n) is 5.23. The Labute approximate surface area is 138 Å². The predicted molar refractivity (Wildman–Crippen MR) is 84.1 cm³/mol. The van der Waals surface area contributed by atoms with E-state index in [1.54, 1.807) is 14.1 Å². The van der Waals surface area contributed by atoms with Gasteiger partial charge in [0.25, 0.3) is 5.69 Å². The molecule has 0 saturated carbocycles. The third-order valence-corrected chi connectivity index (χ3v) is 3.26. The molecule has 0 bridgehead atoms. The van der Waals surface area contributed by atoms with Gasteiger partial charge in [-0.2, -0.15) is 0 Å². The molecule has 0 atom stereocenters. The van der Waals surface area contributed by atoms with Gasteiger partial charge in [-0.3, -0.25) is 19.7 Å². The third kappa shape index (κ3) is 4.29. The Bertz CT molecular complexity index is 699. The number of carbonyl (C=O) groups excluding carboxylic acids is 2. The van der Waals surface area contributed by atoms with Gasteiger partial charge in [-0.1, -0.05) is 0 Å². The van der Waals surface area contributed by atoms with Crippen molar-refractivity contribution in [2.24, 2.45) is 0 Å². The third-order valence-electron chi connectivity index (χ3n) is 3.26. The number of hydrogen-bond donors (Lipinski definition) is 1. The second kappa shape index (κ2) is 7.55. The fourth-order valence-corrected chi connectivity index (χ4v) is 2.01. The van der Waals surface area contributed by atoms with E-state index in [4.69, 9.17) is 9.47 Å². The molecule has 0 fully saturated rings. The number of ether oxygens (including phenoxy) is 2. The van der Waals surface area contributed by atoms with Crippen LogP contribution in [0.1, 0.15) is 11.1 Å². The zero-order valence-corrected chi connectivity index (χ0v) is 13.3. The van der Waals surface area contributed by atoms with E-state index in [1.165, 1.54) is 29.2 Å². The Morgan fingerprint density at radius 3 is 2.83 bits per heavy atom. The van der Waals surface area contributed by atoms with Crippen molar-refractivity contribution < 1.29 is 24.0 Å². The topological polar surface area (TPSA) is 111 Å². The van der Waals surface area contributed by atoms with Crippen molar-refractivity contribution in [2.45, 2.75) is 6.61 Å². The van der Waals surface area contributed by atoms with Crippen LogP contribution in [0, 0.1) is 10.1 Å². The average Bonchev–Trinajstić information content (AvgIpc) is 2.56. The fourth-order valence-electron chi connectivity index (χ4n) is 2.01. The fraction of sp³-hybridized carbons (Fsp3) is 0.333. The van der Waals surface area contributed by atoms with E-state index in [0.717, 1.165) is 0 Å². The molecule has 1 heterocycles. The van der Waals surface area contributed by atoms with E-state index in [9.17, 15) is 19.7 Å². The summed E-state index contributed by atoms with van der Waals surface area (Å²) in [6, 6.07) is 2.70. The molecule has 0 aromatic heterocycles. The number of nitrogens with zero attached hydrogens (tertiary/aromatic N) is 2. The molecular weight excluding hydrogens is 318 g/mol. The highest BCUT2D eigenvalue weighted by molar-refractivity contribution is 5.94. The molecule has 0 aliphatic carbocycles. The standard InChI is InChI=1S/C15H17N3O6/c1-17(2)14(20)7-16-13(19)4-3-10-5-12(18(21)22)6-11-8-23-9-24-15(10)11/h3-6H,7-9H2,1-2H3,(H,16,19)/b4-3+. The van der Waals surface area contributed by atoms with Crippen molar-refractivity contribution in [3.8, 4) is 5.75 Å². The first-order valence-electron chi connectivity index (χ1n) is 7.06. The number of nitro benzene ring substituents is 1. The maximum absolute atomic E-state index is 11.8. The number of amides is 2. The largest absolute Gasteiger partial charge is 0.467 e. The highest BCUT2D eigenvalue weighted by Crippen LogP contribution is 2.33. The molecule has 1 aliphatic rings. The number of non-ortho nitro benzene ring substituents is 1. The van der Waals surface area contributed by atoms with Crippen molar-refractivity contribution in [1.29, 1.82) is 0 Å². The zero-order valence-electron chi connectivity index (χ0n) is 13.3. The molecule has 1 aromatic rings. The van der Waals surface area contributed by atoms with Gasteiger partial charge in [0.15, 0.2) is 6.79 Å². The smallest absolute Gasteiger partial charge is 0.270 e. The summed E-state index contributed by atoms with van der Waals surface area (Å²) < 4.78 is 10.5. The summed E-state index contributed by atoms with van der Waals surface area (Å²) in [5, 5.41) is 13.4. The lowest BCUT2D eigenvalue weighted by molar-refractivity contribution is -0.385. The summed E-state index contributed by atoms with van der Waals surface area (Å²) in [7, 11) is 3.16. The SMILES string of the molecule is CN(C)C(=O)CNC(=O)/C=C/c1cc([N+](=O)[O-])cc2c1OCOC2. The van der Waals surface area contributed by atoms with Crippen LogP contribution in [0.4, 0.5) is 5.69 Å². The van der Waals surface area contributed by atoms with E-state index in [-0.39, 0.29) is 31.5 Å². The van der Waals surface area contributed by atoms with Gasteiger partial charge in [0, 0.05) is 43.4 Å². The van der Waals surface area contributed by atoms with Crippen LogP contribution < -0.4 is 10.1 Å². The van der Waals surface area contributed by atoms with Crippen molar-refractivity contribution in [1.82, 2.24) is 10.2 Å². The molecule has 2 rings (SSSR count). The molecule has 1 aromatic carbocycles. The van der Waals surface area contributed by atoms with Crippen LogP contribution in [0.5, 0.6) is 5.75 Å². The molecule has 9 heteroatoms. The van der Waals surface area contributed by atoms with Crippen LogP contribution in [-0.4, -0.2) is 49.1 Å². The van der Waals surface area contributed by atoms with E-state index >= 15 is 0 Å². The summed E-state index contributed by atoms with van der Waals surface area (Å²) in [6.07, 6.45) is 2.60. The van der Waals surface area contributed by atoms with Gasteiger partial charge >= 0.3 is 0 Å². The molecule has 128 valence electrons. The van der Waals surface area contributed by atoms with Crippen molar-refractivity contribution in [3.05, 3.63) is 39.4 Å². The molecule has 1 aliphatic heterocycles. The summed E-state index contributed by atoms with van der Waals surface area (Å²) in [4.78, 5) is 35.0. The number of hydrogen-bond acceptors (Lipinski definition) is 6. The van der Waals surface area contributed by atoms with Gasteiger partial charge in [-0.25, -0.2) is 0 Å². The van der Waals surface area contributed by atoms with Gasteiger partial charge in [0.05, 0.1) is 18.1 Å². The van der Waals surface area contributed by atoms with Crippen molar-refractivity contribution in [2.75, 3.05) is 27.4 Å². The number of rotatable bonds is 5. The summed E-state index contributed by atoms with van der Waals surface area (Å²) >= 11 is 0. The number of likely N-dealkylation sites (N-methyl/N-ethyl adjacent to an activating group) is 1. The monoisotopic (exact) mass is 335 g/mol. The van der Waals surface area contributed by atoms with E-state index < -0.39 is 10.8 Å². The van der Waals surface area contributed by atoms with Gasteiger partial charge in [0.2, 0.25) is 11.8 Å². The maximum Gasteiger partial charge on any atom is 0.270 e. The first-order chi connectivity index (χ1) is 11.4. The number of nitrogens with one attached hydrogen (secondary N) is 1. The van der Waals surface area contributed by atoms with Crippen LogP contribution in [0.3, 0.4) is 0 Å². The first kappa shape index (κ1) is 17.4. The molecule has 0 saturated heterocycles.